The summed E-state index contributed by atoms with van der Waals surface area (Å²) in [6.45, 7) is 7.79. The Labute approximate surface area is 221 Å². The topological polar surface area (TPSA) is 99.8 Å². The smallest absolute Gasteiger partial charge is 0.242 e. The van der Waals surface area contributed by atoms with Crippen molar-refractivity contribution < 1.29 is 19.1 Å². The molecule has 2 rings (SSSR count). The molecule has 0 saturated carbocycles. The van der Waals surface area contributed by atoms with E-state index in [-0.39, 0.29) is 23.8 Å². The van der Waals surface area contributed by atoms with Gasteiger partial charge in [0.05, 0.1) is 0 Å². The summed E-state index contributed by atoms with van der Waals surface area (Å²) in [5.74, 6) is 0.441. The quantitative estimate of drug-likeness (QED) is 0.284. The Kier molecular flexibility index (Phi) is 13.8. The van der Waals surface area contributed by atoms with Gasteiger partial charge in [-0.1, -0.05) is 48.5 Å². The van der Waals surface area contributed by atoms with Gasteiger partial charge < -0.3 is 25.6 Å². The van der Waals surface area contributed by atoms with E-state index in [0.29, 0.717) is 45.4 Å². The molecule has 8 nitrogen and oxygen atoms in total. The van der Waals surface area contributed by atoms with Crippen molar-refractivity contribution in [3.63, 3.8) is 0 Å². The van der Waals surface area contributed by atoms with Crippen LogP contribution in [0.15, 0.2) is 60.7 Å². The maximum absolute atomic E-state index is 13.2. The van der Waals surface area contributed by atoms with Crippen molar-refractivity contribution in [1.82, 2.24) is 20.9 Å². The van der Waals surface area contributed by atoms with E-state index < -0.39 is 6.04 Å². The highest BCUT2D eigenvalue weighted by molar-refractivity contribution is 5.86. The van der Waals surface area contributed by atoms with E-state index >= 15 is 0 Å². The second-order valence-corrected chi connectivity index (χ2v) is 9.18. The van der Waals surface area contributed by atoms with E-state index in [0.717, 1.165) is 24.3 Å². The molecule has 2 atom stereocenters. The first-order chi connectivity index (χ1) is 17.9. The SMILES string of the molecule is CC(=O)NCCCN(C(C)=O)[C@@H](CCc1ccccc1)C(=O)NCCCNCC(C)Oc1ccccc1. The molecule has 0 bridgehead atoms. The van der Waals surface area contributed by atoms with Crippen molar-refractivity contribution in [2.24, 2.45) is 0 Å². The largest absolute Gasteiger partial charge is 0.489 e. The number of hydrogen-bond acceptors (Lipinski definition) is 5. The number of nitrogens with zero attached hydrogens (tertiary/aromatic N) is 1. The molecule has 2 aromatic carbocycles. The Hall–Kier alpha value is -3.39. The van der Waals surface area contributed by atoms with E-state index in [1.807, 2.05) is 67.6 Å². The molecule has 0 fully saturated rings. The molecule has 2 aromatic rings. The molecular weight excluding hydrogens is 468 g/mol. The van der Waals surface area contributed by atoms with Crippen molar-refractivity contribution in [2.75, 3.05) is 32.7 Å². The van der Waals surface area contributed by atoms with Crippen LogP contribution in [0.25, 0.3) is 0 Å². The van der Waals surface area contributed by atoms with Gasteiger partial charge in [-0.15, -0.1) is 0 Å². The molecule has 0 aliphatic heterocycles. The number of hydrogen-bond donors (Lipinski definition) is 3. The molecule has 0 aliphatic carbocycles. The van der Waals surface area contributed by atoms with E-state index in [4.69, 9.17) is 4.74 Å². The van der Waals surface area contributed by atoms with Crippen molar-refractivity contribution >= 4 is 17.7 Å². The lowest BCUT2D eigenvalue weighted by Crippen LogP contribution is -2.50. The Bertz CT molecular complexity index is 939. The van der Waals surface area contributed by atoms with Crippen molar-refractivity contribution in [2.45, 2.75) is 58.6 Å². The third-order valence-corrected chi connectivity index (χ3v) is 5.92. The number of rotatable bonds is 17. The lowest BCUT2D eigenvalue weighted by atomic mass is 10.0. The number of benzene rings is 2. The molecule has 3 amide bonds. The van der Waals surface area contributed by atoms with Crippen LogP contribution in [-0.2, 0) is 20.8 Å². The minimum Gasteiger partial charge on any atom is -0.489 e. The van der Waals surface area contributed by atoms with Gasteiger partial charge in [-0.2, -0.15) is 0 Å². The van der Waals surface area contributed by atoms with Gasteiger partial charge in [0, 0.05) is 40.0 Å². The Morgan fingerprint density at radius 2 is 1.51 bits per heavy atom. The highest BCUT2D eigenvalue weighted by atomic mass is 16.5. The summed E-state index contributed by atoms with van der Waals surface area (Å²) in [6, 6.07) is 19.1. The van der Waals surface area contributed by atoms with Gasteiger partial charge in [-0.3, -0.25) is 14.4 Å². The summed E-state index contributed by atoms with van der Waals surface area (Å²) in [4.78, 5) is 38.5. The monoisotopic (exact) mass is 510 g/mol. The average molecular weight is 511 g/mol. The van der Waals surface area contributed by atoms with Crippen LogP contribution in [0.3, 0.4) is 0 Å². The molecule has 8 heteroatoms. The van der Waals surface area contributed by atoms with Gasteiger partial charge >= 0.3 is 0 Å². The Morgan fingerprint density at radius 3 is 2.16 bits per heavy atom. The fraction of sp³-hybridized carbons (Fsp3) is 0.483. The van der Waals surface area contributed by atoms with Crippen LogP contribution < -0.4 is 20.7 Å². The first-order valence-electron chi connectivity index (χ1n) is 13.1. The molecule has 37 heavy (non-hydrogen) atoms. The lowest BCUT2D eigenvalue weighted by Gasteiger charge is -2.30. The summed E-state index contributed by atoms with van der Waals surface area (Å²) < 4.78 is 5.86. The Morgan fingerprint density at radius 1 is 0.865 bits per heavy atom. The highest BCUT2D eigenvalue weighted by Gasteiger charge is 2.27. The molecule has 0 aromatic heterocycles. The van der Waals surface area contributed by atoms with Crippen LogP contribution in [0, 0.1) is 0 Å². The summed E-state index contributed by atoms with van der Waals surface area (Å²) in [7, 11) is 0. The number of carbonyl (C=O) groups is 3. The first kappa shape index (κ1) is 29.8. The number of aryl methyl sites for hydroxylation is 1. The highest BCUT2D eigenvalue weighted by Crippen LogP contribution is 2.13. The number of carbonyl (C=O) groups excluding carboxylic acids is 3. The molecule has 202 valence electrons. The number of para-hydroxylation sites is 1. The van der Waals surface area contributed by atoms with Gasteiger partial charge in [0.1, 0.15) is 17.9 Å². The minimum absolute atomic E-state index is 0.0287. The van der Waals surface area contributed by atoms with Crippen LogP contribution in [-0.4, -0.2) is 67.5 Å². The van der Waals surface area contributed by atoms with Crippen molar-refractivity contribution in [3.8, 4) is 5.75 Å². The van der Waals surface area contributed by atoms with Crippen LogP contribution in [0.4, 0.5) is 0 Å². The summed E-state index contributed by atoms with van der Waals surface area (Å²) in [5.41, 5.74) is 1.12. The van der Waals surface area contributed by atoms with Gasteiger partial charge in [0.25, 0.3) is 0 Å². The molecule has 0 radical (unpaired) electrons. The van der Waals surface area contributed by atoms with Gasteiger partial charge in [0.15, 0.2) is 0 Å². The normalized spacial score (nSPS) is 12.3. The standard InChI is InChI=1S/C29H42N4O4/c1-23(37-27-14-8-5-9-15-27)22-30-18-10-19-32-29(36)28(17-16-26-12-6-4-7-13-26)33(25(3)35)21-11-20-31-24(2)34/h4-9,12-15,23,28,30H,10-11,16-22H2,1-3H3,(H,31,34)(H,32,36)/t23?,28-/m0/s1. The second kappa shape index (κ2) is 17.1. The average Bonchev–Trinajstić information content (AvgIpc) is 2.88. The fourth-order valence-corrected chi connectivity index (χ4v) is 4.04. The number of nitrogens with one attached hydrogen (secondary N) is 3. The van der Waals surface area contributed by atoms with Gasteiger partial charge in [-0.05, 0) is 56.8 Å². The third kappa shape index (κ3) is 12.4. The number of amides is 3. The zero-order valence-corrected chi connectivity index (χ0v) is 22.4. The molecule has 0 aliphatic rings. The molecular formula is C29H42N4O4. The summed E-state index contributed by atoms with van der Waals surface area (Å²) in [6.07, 6.45) is 2.59. The lowest BCUT2D eigenvalue weighted by molar-refractivity contribution is -0.139. The first-order valence-corrected chi connectivity index (χ1v) is 13.1. The Balaban J connectivity index is 1.82. The van der Waals surface area contributed by atoms with Crippen LogP contribution in [0.2, 0.25) is 0 Å². The van der Waals surface area contributed by atoms with Crippen LogP contribution >= 0.6 is 0 Å². The predicted octanol–water partition coefficient (Wildman–Crippen LogP) is 2.93. The second-order valence-electron chi connectivity index (χ2n) is 9.18. The molecule has 0 spiro atoms. The maximum atomic E-state index is 13.2. The molecule has 3 N–H and O–H groups in total. The zero-order valence-electron chi connectivity index (χ0n) is 22.4. The van der Waals surface area contributed by atoms with E-state index in [1.165, 1.54) is 13.8 Å². The number of ether oxygens (including phenoxy) is 1. The van der Waals surface area contributed by atoms with Gasteiger partial charge in [-0.25, -0.2) is 0 Å². The van der Waals surface area contributed by atoms with Crippen molar-refractivity contribution in [1.29, 1.82) is 0 Å². The van der Waals surface area contributed by atoms with E-state index in [1.54, 1.807) is 4.90 Å². The van der Waals surface area contributed by atoms with Crippen molar-refractivity contribution in [3.05, 3.63) is 66.2 Å². The summed E-state index contributed by atoms with van der Waals surface area (Å²) in [5, 5.41) is 9.13. The molecule has 1 unspecified atom stereocenters. The van der Waals surface area contributed by atoms with Crippen LogP contribution in [0.1, 0.15) is 45.6 Å². The van der Waals surface area contributed by atoms with E-state index in [2.05, 4.69) is 16.0 Å². The zero-order chi connectivity index (χ0) is 26.9. The minimum atomic E-state index is -0.567. The fourth-order valence-electron chi connectivity index (χ4n) is 4.04. The third-order valence-electron chi connectivity index (χ3n) is 5.92. The van der Waals surface area contributed by atoms with E-state index in [9.17, 15) is 14.4 Å². The van der Waals surface area contributed by atoms with Crippen LogP contribution in [0.5, 0.6) is 5.75 Å². The molecule has 0 heterocycles. The molecule has 0 saturated heterocycles. The predicted molar refractivity (Wildman–Crippen MR) is 146 cm³/mol. The maximum Gasteiger partial charge on any atom is 0.242 e. The van der Waals surface area contributed by atoms with Gasteiger partial charge in [0.2, 0.25) is 17.7 Å². The summed E-state index contributed by atoms with van der Waals surface area (Å²) >= 11 is 0.